The lowest BCUT2D eigenvalue weighted by molar-refractivity contribution is -0.131. The topological polar surface area (TPSA) is 34.1 Å². The fraction of sp³-hybridized carbons (Fsp3) is 0.800. The molecule has 8 atom stereocenters. The average molecular weight is 437 g/mol. The Kier molecular flexibility index (Phi) is 5.23. The van der Waals surface area contributed by atoms with Gasteiger partial charge >= 0.3 is 0 Å². The fourth-order valence-corrected chi connectivity index (χ4v) is 8.85. The van der Waals surface area contributed by atoms with Crippen LogP contribution in [0.5, 0.6) is 0 Å². The zero-order chi connectivity index (χ0) is 23.1. The molecule has 176 valence electrons. The molecule has 0 amide bonds. The highest BCUT2D eigenvalue weighted by Gasteiger charge is 2.57. The zero-order valence-corrected chi connectivity index (χ0v) is 21.4. The molecule has 0 unspecified atom stereocenters. The predicted molar refractivity (Wildman–Crippen MR) is 130 cm³/mol. The lowest BCUT2D eigenvalue weighted by Crippen LogP contribution is -2.51. The molecular weight excluding hydrogens is 392 g/mol. The summed E-state index contributed by atoms with van der Waals surface area (Å²) in [6, 6.07) is 0. The first-order valence-electron chi connectivity index (χ1n) is 13.5. The van der Waals surface area contributed by atoms with Gasteiger partial charge in [-0.05, 0) is 73.2 Å². The third kappa shape index (κ3) is 2.96. The highest BCUT2D eigenvalue weighted by atomic mass is 16.1. The van der Waals surface area contributed by atoms with Crippen LogP contribution in [-0.2, 0) is 9.59 Å². The van der Waals surface area contributed by atoms with Crippen molar-refractivity contribution in [2.75, 3.05) is 0 Å². The first-order chi connectivity index (χ1) is 15.0. The van der Waals surface area contributed by atoms with Gasteiger partial charge in [0, 0.05) is 22.8 Å². The molecule has 2 nitrogen and oxygen atoms in total. The molecule has 0 spiro atoms. The molecule has 5 rings (SSSR count). The van der Waals surface area contributed by atoms with Crippen LogP contribution in [0.15, 0.2) is 22.8 Å². The number of hydrogen-bond donors (Lipinski definition) is 0. The molecule has 0 aliphatic heterocycles. The third-order valence-electron chi connectivity index (χ3n) is 11.7. The average Bonchev–Trinajstić information content (AvgIpc) is 2.73. The molecule has 2 heteroatoms. The van der Waals surface area contributed by atoms with Crippen molar-refractivity contribution < 1.29 is 9.59 Å². The van der Waals surface area contributed by atoms with Crippen molar-refractivity contribution in [1.29, 1.82) is 0 Å². The van der Waals surface area contributed by atoms with Crippen LogP contribution >= 0.6 is 0 Å². The number of carbonyl (C=O) groups is 2. The van der Waals surface area contributed by atoms with E-state index in [9.17, 15) is 9.59 Å². The maximum absolute atomic E-state index is 14.3. The highest BCUT2D eigenvalue weighted by Crippen LogP contribution is 2.63. The Hall–Kier alpha value is -1.18. The Balaban J connectivity index is 1.61. The molecule has 0 N–H and O–H groups in total. The summed E-state index contributed by atoms with van der Waals surface area (Å²) in [4.78, 5) is 27.7. The van der Waals surface area contributed by atoms with Gasteiger partial charge < -0.3 is 0 Å². The summed E-state index contributed by atoms with van der Waals surface area (Å²) in [6.45, 7) is 14.2. The minimum Gasteiger partial charge on any atom is -0.295 e. The van der Waals surface area contributed by atoms with Crippen molar-refractivity contribution in [3.05, 3.63) is 22.8 Å². The molecule has 0 saturated heterocycles. The second-order valence-corrected chi connectivity index (χ2v) is 13.2. The van der Waals surface area contributed by atoms with E-state index in [0.29, 0.717) is 29.3 Å². The van der Waals surface area contributed by atoms with Crippen LogP contribution in [-0.4, -0.2) is 11.6 Å². The Bertz CT molecular complexity index is 908. The van der Waals surface area contributed by atoms with Crippen molar-refractivity contribution in [3.8, 4) is 0 Å². The summed E-state index contributed by atoms with van der Waals surface area (Å²) >= 11 is 0. The van der Waals surface area contributed by atoms with Gasteiger partial charge in [0.05, 0.1) is 0 Å². The summed E-state index contributed by atoms with van der Waals surface area (Å²) < 4.78 is 0. The lowest BCUT2D eigenvalue weighted by Gasteiger charge is -2.56. The third-order valence-corrected chi connectivity index (χ3v) is 11.7. The second kappa shape index (κ2) is 7.41. The van der Waals surface area contributed by atoms with Gasteiger partial charge in [0.2, 0.25) is 0 Å². The van der Waals surface area contributed by atoms with E-state index in [1.165, 1.54) is 36.8 Å². The molecule has 2 fully saturated rings. The van der Waals surface area contributed by atoms with Crippen LogP contribution in [0.3, 0.4) is 0 Å². The predicted octanol–water partition coefficient (Wildman–Crippen LogP) is 7.48. The van der Waals surface area contributed by atoms with Gasteiger partial charge in [-0.2, -0.15) is 0 Å². The molecule has 0 aromatic rings. The lowest BCUT2D eigenvalue weighted by atomic mass is 9.47. The molecule has 2 saturated carbocycles. The standard InChI is InChI=1S/C30H44O2/c1-18-13-14-28(4,21-15-25(31)23-11-7-9-19(2)29(23,5)16-21)26-22(18)17-30(6)20(3)10-8-12-24(30)27(26)32/h15,18-20,23-24H,7-14,16-17H2,1-6H3/t18-,19-,20-,23-,24+,28-,29+,30+/m0/s1. The first kappa shape index (κ1) is 22.6. The number of fused-ring (bicyclic) bond motifs is 2. The van der Waals surface area contributed by atoms with Gasteiger partial charge in [-0.25, -0.2) is 0 Å². The van der Waals surface area contributed by atoms with Gasteiger partial charge in [-0.1, -0.05) is 78.4 Å². The minimum absolute atomic E-state index is 0.0534. The van der Waals surface area contributed by atoms with E-state index < -0.39 is 0 Å². The van der Waals surface area contributed by atoms with E-state index in [2.05, 4.69) is 41.5 Å². The second-order valence-electron chi connectivity index (χ2n) is 13.2. The number of ketones is 2. The van der Waals surface area contributed by atoms with E-state index in [-0.39, 0.29) is 28.1 Å². The molecular formula is C30H44O2. The first-order valence-corrected chi connectivity index (χ1v) is 13.5. The highest BCUT2D eigenvalue weighted by molar-refractivity contribution is 6.02. The maximum atomic E-state index is 14.3. The zero-order valence-electron chi connectivity index (χ0n) is 21.4. The van der Waals surface area contributed by atoms with Crippen LogP contribution in [0.25, 0.3) is 0 Å². The smallest absolute Gasteiger partial charge is 0.163 e. The Morgan fingerprint density at radius 2 is 1.38 bits per heavy atom. The normalized spacial score (nSPS) is 49.2. The number of carbonyl (C=O) groups excluding carboxylic acids is 2. The van der Waals surface area contributed by atoms with Crippen molar-refractivity contribution in [2.24, 2.45) is 45.8 Å². The van der Waals surface area contributed by atoms with Crippen molar-refractivity contribution in [2.45, 2.75) is 106 Å². The maximum Gasteiger partial charge on any atom is 0.163 e. The van der Waals surface area contributed by atoms with Gasteiger partial charge in [-0.15, -0.1) is 0 Å². The van der Waals surface area contributed by atoms with E-state index >= 15 is 0 Å². The molecule has 5 aliphatic carbocycles. The van der Waals surface area contributed by atoms with Crippen LogP contribution in [0.4, 0.5) is 0 Å². The van der Waals surface area contributed by atoms with Crippen LogP contribution in [0, 0.1) is 45.8 Å². The van der Waals surface area contributed by atoms with E-state index in [1.807, 2.05) is 6.08 Å². The molecule has 5 aliphatic rings. The number of allylic oxidation sites excluding steroid dienone is 4. The monoisotopic (exact) mass is 436 g/mol. The van der Waals surface area contributed by atoms with Crippen LogP contribution in [0.2, 0.25) is 0 Å². The van der Waals surface area contributed by atoms with E-state index in [1.54, 1.807) is 0 Å². The van der Waals surface area contributed by atoms with E-state index in [0.717, 1.165) is 44.1 Å². The molecule has 0 aromatic heterocycles. The van der Waals surface area contributed by atoms with Crippen LogP contribution in [0.1, 0.15) is 106 Å². The molecule has 0 bridgehead atoms. The number of hydrogen-bond acceptors (Lipinski definition) is 2. The molecule has 32 heavy (non-hydrogen) atoms. The van der Waals surface area contributed by atoms with E-state index in [4.69, 9.17) is 0 Å². The quantitative estimate of drug-likeness (QED) is 0.427. The van der Waals surface area contributed by atoms with Gasteiger partial charge in [0.25, 0.3) is 0 Å². The molecule has 0 radical (unpaired) electrons. The Morgan fingerprint density at radius 3 is 2.03 bits per heavy atom. The van der Waals surface area contributed by atoms with Crippen LogP contribution < -0.4 is 0 Å². The van der Waals surface area contributed by atoms with Gasteiger partial charge in [0.15, 0.2) is 11.6 Å². The Labute approximate surface area is 195 Å². The molecule has 0 aromatic carbocycles. The van der Waals surface area contributed by atoms with Crippen molar-refractivity contribution in [1.82, 2.24) is 0 Å². The van der Waals surface area contributed by atoms with Gasteiger partial charge in [0.1, 0.15) is 0 Å². The Morgan fingerprint density at radius 1 is 0.781 bits per heavy atom. The fourth-order valence-electron chi connectivity index (χ4n) is 8.85. The summed E-state index contributed by atoms with van der Waals surface area (Å²) in [7, 11) is 0. The van der Waals surface area contributed by atoms with Crippen molar-refractivity contribution in [3.63, 3.8) is 0 Å². The SMILES string of the molecule is C[C@H]1CC[C@@](C)(C2=CC(=O)[C@@H]3CCC[C@H](C)[C@@]3(C)C2)C2=C1C[C@@]1(C)[C@H](CCC[C@@H]1C)C2=O. The summed E-state index contributed by atoms with van der Waals surface area (Å²) in [5.41, 5.74) is 3.81. The van der Waals surface area contributed by atoms with Gasteiger partial charge in [-0.3, -0.25) is 9.59 Å². The summed E-state index contributed by atoms with van der Waals surface area (Å²) in [5.74, 6) is 2.82. The number of Topliss-reactive ketones (excluding diaryl/α,β-unsaturated/α-hetero) is 1. The summed E-state index contributed by atoms with van der Waals surface area (Å²) in [5, 5.41) is 0. The largest absolute Gasteiger partial charge is 0.295 e. The molecule has 0 heterocycles. The minimum atomic E-state index is -0.248. The summed E-state index contributed by atoms with van der Waals surface area (Å²) in [6.07, 6.45) is 13.2. The number of rotatable bonds is 1. The van der Waals surface area contributed by atoms with Crippen molar-refractivity contribution >= 4 is 11.6 Å².